The molecule has 3 rings (SSSR count). The molecule has 0 unspecified atom stereocenters. The zero-order chi connectivity index (χ0) is 15.5. The number of rotatable bonds is 3. The van der Waals surface area contributed by atoms with Gasteiger partial charge in [-0.05, 0) is 6.92 Å². The van der Waals surface area contributed by atoms with Gasteiger partial charge in [0.2, 0.25) is 0 Å². The Hall–Kier alpha value is -2.54. The van der Waals surface area contributed by atoms with Gasteiger partial charge < -0.3 is 9.64 Å². The molecule has 1 aliphatic rings. The predicted octanol–water partition coefficient (Wildman–Crippen LogP) is 2.20. The number of aromatic nitrogens is 2. The van der Waals surface area contributed by atoms with Crippen LogP contribution in [0.25, 0.3) is 11.3 Å². The van der Waals surface area contributed by atoms with Crippen molar-refractivity contribution < 1.29 is 9.66 Å². The summed E-state index contributed by atoms with van der Waals surface area (Å²) in [6, 6.07) is 6.53. The van der Waals surface area contributed by atoms with Crippen LogP contribution >= 0.6 is 0 Å². The second-order valence-corrected chi connectivity index (χ2v) is 5.06. The Morgan fingerprint density at radius 2 is 2.09 bits per heavy atom. The summed E-state index contributed by atoms with van der Waals surface area (Å²) in [4.78, 5) is 21.5. The smallest absolute Gasteiger partial charge is 0.270 e. The van der Waals surface area contributed by atoms with Gasteiger partial charge in [0.25, 0.3) is 5.69 Å². The molecule has 0 radical (unpaired) electrons. The maximum absolute atomic E-state index is 11.0. The molecule has 0 spiro atoms. The minimum absolute atomic E-state index is 0.0571. The predicted molar refractivity (Wildman–Crippen MR) is 81.9 cm³/mol. The summed E-state index contributed by atoms with van der Waals surface area (Å²) in [5, 5.41) is 11.0. The number of morpholine rings is 1. The second-order valence-electron chi connectivity index (χ2n) is 5.06. The lowest BCUT2D eigenvalue weighted by atomic mass is 10.1. The standard InChI is InChI=1S/C15H16N4O3/c1-11-16-10-14(18-5-7-22-8-6-18)15(17-11)12-3-2-4-13(9-12)19(20)21/h2-4,9-10H,5-8H2,1H3. The molecular weight excluding hydrogens is 284 g/mol. The van der Waals surface area contributed by atoms with Gasteiger partial charge in [-0.2, -0.15) is 0 Å². The van der Waals surface area contributed by atoms with Crippen LogP contribution in [-0.4, -0.2) is 41.2 Å². The third-order valence-corrected chi connectivity index (χ3v) is 3.57. The van der Waals surface area contributed by atoms with Crippen molar-refractivity contribution in [3.63, 3.8) is 0 Å². The van der Waals surface area contributed by atoms with Crippen LogP contribution in [0.4, 0.5) is 11.4 Å². The first-order valence-electron chi connectivity index (χ1n) is 7.06. The molecule has 0 atom stereocenters. The molecule has 1 aliphatic heterocycles. The molecule has 22 heavy (non-hydrogen) atoms. The molecular formula is C15H16N4O3. The molecule has 7 nitrogen and oxygen atoms in total. The van der Waals surface area contributed by atoms with Gasteiger partial charge >= 0.3 is 0 Å². The molecule has 0 amide bonds. The minimum Gasteiger partial charge on any atom is -0.378 e. The van der Waals surface area contributed by atoms with Crippen LogP contribution in [0.15, 0.2) is 30.5 Å². The molecule has 1 aromatic carbocycles. The Morgan fingerprint density at radius 1 is 1.32 bits per heavy atom. The highest BCUT2D eigenvalue weighted by atomic mass is 16.6. The zero-order valence-electron chi connectivity index (χ0n) is 12.2. The van der Waals surface area contributed by atoms with E-state index in [0.29, 0.717) is 19.0 Å². The number of hydrogen-bond donors (Lipinski definition) is 0. The van der Waals surface area contributed by atoms with Crippen molar-refractivity contribution in [1.29, 1.82) is 0 Å². The maximum Gasteiger partial charge on any atom is 0.270 e. The van der Waals surface area contributed by atoms with Gasteiger partial charge in [0.1, 0.15) is 5.82 Å². The van der Waals surface area contributed by atoms with Crippen molar-refractivity contribution in [3.8, 4) is 11.3 Å². The number of nitro benzene ring substituents is 1. The average Bonchev–Trinajstić information content (AvgIpc) is 2.55. The summed E-state index contributed by atoms with van der Waals surface area (Å²) in [6.45, 7) is 4.64. The number of non-ortho nitro benzene ring substituents is 1. The summed E-state index contributed by atoms with van der Waals surface area (Å²) in [6.07, 6.45) is 1.78. The van der Waals surface area contributed by atoms with Gasteiger partial charge in [0.05, 0.1) is 35.7 Å². The van der Waals surface area contributed by atoms with E-state index in [1.165, 1.54) is 6.07 Å². The maximum atomic E-state index is 11.0. The quantitative estimate of drug-likeness (QED) is 0.638. The van der Waals surface area contributed by atoms with Crippen LogP contribution in [-0.2, 0) is 4.74 Å². The van der Waals surface area contributed by atoms with Crippen molar-refractivity contribution in [2.24, 2.45) is 0 Å². The Kier molecular flexibility index (Phi) is 3.97. The van der Waals surface area contributed by atoms with E-state index >= 15 is 0 Å². The summed E-state index contributed by atoms with van der Waals surface area (Å²) in [5.41, 5.74) is 2.38. The lowest BCUT2D eigenvalue weighted by molar-refractivity contribution is -0.384. The normalized spacial score (nSPS) is 14.9. The first-order valence-corrected chi connectivity index (χ1v) is 7.06. The topological polar surface area (TPSA) is 81.4 Å². The van der Waals surface area contributed by atoms with Crippen LogP contribution in [0.2, 0.25) is 0 Å². The lowest BCUT2D eigenvalue weighted by Gasteiger charge is -2.29. The zero-order valence-corrected chi connectivity index (χ0v) is 12.2. The molecule has 114 valence electrons. The van der Waals surface area contributed by atoms with Crippen LogP contribution in [0.3, 0.4) is 0 Å². The molecule has 7 heteroatoms. The van der Waals surface area contributed by atoms with Gasteiger partial charge in [-0.1, -0.05) is 12.1 Å². The molecule has 0 N–H and O–H groups in total. The van der Waals surface area contributed by atoms with Gasteiger partial charge in [-0.3, -0.25) is 10.1 Å². The molecule has 0 bridgehead atoms. The first kappa shape index (κ1) is 14.4. The monoisotopic (exact) mass is 300 g/mol. The summed E-state index contributed by atoms with van der Waals surface area (Å²) < 4.78 is 5.37. The fourth-order valence-electron chi connectivity index (χ4n) is 2.48. The van der Waals surface area contributed by atoms with E-state index in [1.807, 2.05) is 13.0 Å². The van der Waals surface area contributed by atoms with E-state index in [9.17, 15) is 10.1 Å². The van der Waals surface area contributed by atoms with Crippen LogP contribution in [0.5, 0.6) is 0 Å². The lowest BCUT2D eigenvalue weighted by Crippen LogP contribution is -2.36. The Labute approximate surface area is 127 Å². The SMILES string of the molecule is Cc1ncc(N2CCOCC2)c(-c2cccc([N+](=O)[O-])c2)n1. The van der Waals surface area contributed by atoms with Gasteiger partial charge in [-0.25, -0.2) is 9.97 Å². The van der Waals surface area contributed by atoms with Crippen molar-refractivity contribution in [2.45, 2.75) is 6.92 Å². The molecule has 0 aliphatic carbocycles. The fraction of sp³-hybridized carbons (Fsp3) is 0.333. The Balaban J connectivity index is 2.06. The van der Waals surface area contributed by atoms with E-state index in [1.54, 1.807) is 18.3 Å². The number of hydrogen-bond acceptors (Lipinski definition) is 6. The molecule has 1 aromatic heterocycles. The highest BCUT2D eigenvalue weighted by molar-refractivity contribution is 5.75. The third-order valence-electron chi connectivity index (χ3n) is 3.57. The molecule has 2 heterocycles. The van der Waals surface area contributed by atoms with Crippen LogP contribution in [0.1, 0.15) is 5.82 Å². The van der Waals surface area contributed by atoms with Gasteiger partial charge in [0, 0.05) is 30.8 Å². The van der Waals surface area contributed by atoms with E-state index in [-0.39, 0.29) is 5.69 Å². The highest BCUT2D eigenvalue weighted by Crippen LogP contribution is 2.31. The van der Waals surface area contributed by atoms with Crippen LogP contribution < -0.4 is 4.90 Å². The number of ether oxygens (including phenoxy) is 1. The van der Waals surface area contributed by atoms with Crippen molar-refractivity contribution >= 4 is 11.4 Å². The Bertz CT molecular complexity index is 699. The van der Waals surface area contributed by atoms with E-state index in [2.05, 4.69) is 14.9 Å². The molecule has 1 saturated heterocycles. The first-order chi connectivity index (χ1) is 10.6. The summed E-state index contributed by atoms with van der Waals surface area (Å²) in [7, 11) is 0. The van der Waals surface area contributed by atoms with Gasteiger partial charge in [-0.15, -0.1) is 0 Å². The molecule has 2 aromatic rings. The van der Waals surface area contributed by atoms with Crippen molar-refractivity contribution in [2.75, 3.05) is 31.2 Å². The van der Waals surface area contributed by atoms with Crippen LogP contribution in [0, 0.1) is 17.0 Å². The van der Waals surface area contributed by atoms with Crippen molar-refractivity contribution in [1.82, 2.24) is 9.97 Å². The van der Waals surface area contributed by atoms with E-state index in [0.717, 1.165) is 30.0 Å². The number of nitro groups is 1. The second kappa shape index (κ2) is 6.07. The average molecular weight is 300 g/mol. The largest absolute Gasteiger partial charge is 0.378 e. The highest BCUT2D eigenvalue weighted by Gasteiger charge is 2.19. The van der Waals surface area contributed by atoms with E-state index in [4.69, 9.17) is 4.74 Å². The number of benzene rings is 1. The summed E-state index contributed by atoms with van der Waals surface area (Å²) in [5.74, 6) is 0.638. The number of anilines is 1. The van der Waals surface area contributed by atoms with Crippen molar-refractivity contribution in [3.05, 3.63) is 46.4 Å². The number of aryl methyl sites for hydroxylation is 1. The third kappa shape index (κ3) is 2.89. The van der Waals surface area contributed by atoms with E-state index < -0.39 is 4.92 Å². The number of nitrogens with zero attached hydrogens (tertiary/aromatic N) is 4. The minimum atomic E-state index is -0.397. The van der Waals surface area contributed by atoms with Gasteiger partial charge in [0.15, 0.2) is 0 Å². The molecule has 0 saturated carbocycles. The summed E-state index contributed by atoms with van der Waals surface area (Å²) >= 11 is 0. The fourth-order valence-corrected chi connectivity index (χ4v) is 2.48. The Morgan fingerprint density at radius 3 is 2.82 bits per heavy atom. The molecule has 1 fully saturated rings.